The van der Waals surface area contributed by atoms with Gasteiger partial charge in [-0.2, -0.15) is 5.01 Å². The summed E-state index contributed by atoms with van der Waals surface area (Å²) in [6.07, 6.45) is 1.93. The standard InChI is InChI=1S/C6H13N3O2/c1-3-4-5-7-6(10)9(2)8-11/h3-5H2,1-2H3,(H,7,10). The van der Waals surface area contributed by atoms with Crippen molar-refractivity contribution in [1.82, 2.24) is 10.3 Å². The molecule has 0 fully saturated rings. The summed E-state index contributed by atoms with van der Waals surface area (Å²) < 4.78 is 0. The lowest BCUT2D eigenvalue weighted by molar-refractivity contribution is 0.210. The van der Waals surface area contributed by atoms with Crippen molar-refractivity contribution in [3.05, 3.63) is 4.91 Å². The maximum Gasteiger partial charge on any atom is 0.340 e. The largest absolute Gasteiger partial charge is 0.340 e. The Kier molecular flexibility index (Phi) is 5.06. The van der Waals surface area contributed by atoms with Gasteiger partial charge in [0.25, 0.3) is 0 Å². The van der Waals surface area contributed by atoms with Crippen LogP contribution in [0.5, 0.6) is 0 Å². The van der Waals surface area contributed by atoms with Crippen molar-refractivity contribution < 1.29 is 4.79 Å². The zero-order valence-corrected chi connectivity index (χ0v) is 6.83. The van der Waals surface area contributed by atoms with Gasteiger partial charge in [-0.3, -0.25) is 0 Å². The normalized spacial score (nSPS) is 8.91. The van der Waals surface area contributed by atoms with E-state index >= 15 is 0 Å². The second-order valence-corrected chi connectivity index (χ2v) is 2.19. The molecule has 0 aromatic carbocycles. The number of urea groups is 1. The summed E-state index contributed by atoms with van der Waals surface area (Å²) in [7, 11) is 1.31. The fraction of sp³-hybridized carbons (Fsp3) is 0.833. The van der Waals surface area contributed by atoms with Gasteiger partial charge in [-0.15, -0.1) is 4.91 Å². The molecule has 0 rings (SSSR count). The molecule has 0 aliphatic heterocycles. The van der Waals surface area contributed by atoms with E-state index in [4.69, 9.17) is 0 Å². The summed E-state index contributed by atoms with van der Waals surface area (Å²) in [5, 5.41) is 5.70. The minimum Gasteiger partial charge on any atom is -0.336 e. The van der Waals surface area contributed by atoms with E-state index in [1.807, 2.05) is 6.92 Å². The van der Waals surface area contributed by atoms with Crippen molar-refractivity contribution in [2.75, 3.05) is 13.6 Å². The average Bonchev–Trinajstić information content (AvgIpc) is 2.03. The van der Waals surface area contributed by atoms with Crippen LogP contribution >= 0.6 is 0 Å². The fourth-order valence-electron chi connectivity index (χ4n) is 0.524. The Hall–Kier alpha value is -1.13. The molecule has 0 unspecified atom stereocenters. The number of unbranched alkanes of at least 4 members (excludes halogenated alkanes) is 1. The average molecular weight is 159 g/mol. The first-order valence-corrected chi connectivity index (χ1v) is 3.57. The maximum atomic E-state index is 10.8. The molecule has 5 nitrogen and oxygen atoms in total. The Labute approximate surface area is 65.7 Å². The third-order valence-corrected chi connectivity index (χ3v) is 1.22. The highest BCUT2D eigenvalue weighted by atomic mass is 16.3. The lowest BCUT2D eigenvalue weighted by Crippen LogP contribution is -2.34. The Morgan fingerprint density at radius 2 is 2.27 bits per heavy atom. The van der Waals surface area contributed by atoms with Crippen molar-refractivity contribution in [2.45, 2.75) is 19.8 Å². The van der Waals surface area contributed by atoms with Crippen LogP contribution in [0.1, 0.15) is 19.8 Å². The third-order valence-electron chi connectivity index (χ3n) is 1.22. The van der Waals surface area contributed by atoms with E-state index in [9.17, 15) is 9.70 Å². The highest BCUT2D eigenvalue weighted by Gasteiger charge is 2.05. The van der Waals surface area contributed by atoms with Gasteiger partial charge in [-0.05, 0) is 6.42 Å². The summed E-state index contributed by atoms with van der Waals surface area (Å²) in [6.45, 7) is 2.61. The van der Waals surface area contributed by atoms with Gasteiger partial charge in [0.2, 0.25) is 0 Å². The molecule has 0 aromatic heterocycles. The number of nitroso groups, excluding NO2 is 1. The summed E-state index contributed by atoms with van der Waals surface area (Å²) in [5.41, 5.74) is 0. The zero-order chi connectivity index (χ0) is 8.69. The quantitative estimate of drug-likeness (QED) is 0.379. The number of amides is 2. The number of nitrogens with one attached hydrogen (secondary N) is 1. The van der Waals surface area contributed by atoms with Crippen LogP contribution in [0.2, 0.25) is 0 Å². The number of carbonyl (C=O) groups is 1. The number of hydrogen-bond acceptors (Lipinski definition) is 3. The Balaban J connectivity index is 3.44. The monoisotopic (exact) mass is 159 g/mol. The van der Waals surface area contributed by atoms with Gasteiger partial charge in [-0.25, -0.2) is 4.79 Å². The maximum absolute atomic E-state index is 10.8. The minimum absolute atomic E-state index is 0.451. The van der Waals surface area contributed by atoms with Gasteiger partial charge < -0.3 is 5.32 Å². The molecule has 2 amide bonds. The number of nitrogens with zero attached hydrogens (tertiary/aromatic N) is 2. The van der Waals surface area contributed by atoms with Gasteiger partial charge in [0, 0.05) is 13.6 Å². The Morgan fingerprint density at radius 1 is 1.64 bits per heavy atom. The SMILES string of the molecule is CCCCNC(=O)N(C)N=O. The van der Waals surface area contributed by atoms with E-state index in [-0.39, 0.29) is 0 Å². The molecule has 64 valence electrons. The van der Waals surface area contributed by atoms with Gasteiger partial charge in [0.05, 0.1) is 5.29 Å². The van der Waals surface area contributed by atoms with Crippen LogP contribution in [0.25, 0.3) is 0 Å². The summed E-state index contributed by atoms with van der Waals surface area (Å²) in [6, 6.07) is -0.451. The van der Waals surface area contributed by atoms with E-state index in [1.54, 1.807) is 0 Å². The van der Waals surface area contributed by atoms with Gasteiger partial charge in [0.15, 0.2) is 0 Å². The molecule has 0 aromatic rings. The van der Waals surface area contributed by atoms with Crippen LogP contribution in [-0.2, 0) is 0 Å². The van der Waals surface area contributed by atoms with Gasteiger partial charge in [0.1, 0.15) is 0 Å². The summed E-state index contributed by atoms with van der Waals surface area (Å²) >= 11 is 0. The van der Waals surface area contributed by atoms with Crippen molar-refractivity contribution >= 4 is 6.03 Å². The summed E-state index contributed by atoms with van der Waals surface area (Å²) in [4.78, 5) is 20.6. The highest BCUT2D eigenvalue weighted by molar-refractivity contribution is 5.73. The molecule has 0 spiro atoms. The molecule has 11 heavy (non-hydrogen) atoms. The first-order valence-electron chi connectivity index (χ1n) is 3.57. The molecule has 0 atom stereocenters. The van der Waals surface area contributed by atoms with Crippen LogP contribution in [0, 0.1) is 4.91 Å². The van der Waals surface area contributed by atoms with Gasteiger partial charge in [-0.1, -0.05) is 13.3 Å². The minimum atomic E-state index is -0.451. The Bertz CT molecular complexity index is 138. The zero-order valence-electron chi connectivity index (χ0n) is 6.83. The number of hydrogen-bond donors (Lipinski definition) is 1. The van der Waals surface area contributed by atoms with Crippen molar-refractivity contribution in [3.8, 4) is 0 Å². The molecule has 0 saturated heterocycles. The molecular weight excluding hydrogens is 146 g/mol. The molecule has 0 bridgehead atoms. The molecule has 5 heteroatoms. The van der Waals surface area contributed by atoms with Crippen LogP contribution in [0.15, 0.2) is 5.29 Å². The van der Waals surface area contributed by atoms with E-state index in [0.29, 0.717) is 6.54 Å². The lowest BCUT2D eigenvalue weighted by atomic mass is 10.3. The van der Waals surface area contributed by atoms with Gasteiger partial charge >= 0.3 is 6.03 Å². The second kappa shape index (κ2) is 5.64. The fourth-order valence-corrected chi connectivity index (χ4v) is 0.524. The van der Waals surface area contributed by atoms with E-state index in [1.165, 1.54) is 7.05 Å². The topological polar surface area (TPSA) is 61.8 Å². The van der Waals surface area contributed by atoms with E-state index in [0.717, 1.165) is 17.9 Å². The first kappa shape index (κ1) is 9.87. The predicted molar refractivity (Wildman–Crippen MR) is 41.9 cm³/mol. The van der Waals surface area contributed by atoms with Crippen molar-refractivity contribution in [3.63, 3.8) is 0 Å². The molecule has 0 radical (unpaired) electrons. The highest BCUT2D eigenvalue weighted by Crippen LogP contribution is 1.86. The van der Waals surface area contributed by atoms with Crippen LogP contribution in [-0.4, -0.2) is 24.6 Å². The van der Waals surface area contributed by atoms with Crippen LogP contribution in [0.3, 0.4) is 0 Å². The smallest absolute Gasteiger partial charge is 0.336 e. The number of rotatable bonds is 4. The molecule has 0 saturated carbocycles. The molecule has 0 aliphatic carbocycles. The van der Waals surface area contributed by atoms with Crippen LogP contribution in [0.4, 0.5) is 4.79 Å². The van der Waals surface area contributed by atoms with E-state index < -0.39 is 6.03 Å². The van der Waals surface area contributed by atoms with Crippen molar-refractivity contribution in [1.29, 1.82) is 0 Å². The second-order valence-electron chi connectivity index (χ2n) is 2.19. The first-order chi connectivity index (χ1) is 5.22. The van der Waals surface area contributed by atoms with Crippen LogP contribution < -0.4 is 5.32 Å². The molecule has 0 aliphatic rings. The lowest BCUT2D eigenvalue weighted by Gasteiger charge is -2.07. The van der Waals surface area contributed by atoms with E-state index in [2.05, 4.69) is 10.6 Å². The molecule has 0 heterocycles. The Morgan fingerprint density at radius 3 is 2.73 bits per heavy atom. The van der Waals surface area contributed by atoms with Crippen molar-refractivity contribution in [2.24, 2.45) is 5.29 Å². The third kappa shape index (κ3) is 4.30. The summed E-state index contributed by atoms with van der Waals surface area (Å²) in [5.74, 6) is 0. The predicted octanol–water partition coefficient (Wildman–Crippen LogP) is 1.11. The number of carbonyl (C=O) groups excluding carboxylic acids is 1. The molecule has 1 N–H and O–H groups in total. The molecular formula is C6H13N3O2.